The second-order valence-electron chi connectivity index (χ2n) is 4.82. The molecule has 1 aromatic carbocycles. The fourth-order valence-electron chi connectivity index (χ4n) is 1.73. The monoisotopic (exact) mass is 371 g/mol. The van der Waals surface area contributed by atoms with Crippen molar-refractivity contribution in [2.24, 2.45) is 0 Å². The van der Waals surface area contributed by atoms with E-state index in [0.29, 0.717) is 11.8 Å². The molecule has 1 rings (SSSR count). The van der Waals surface area contributed by atoms with Crippen LogP contribution >= 0.6 is 11.8 Å². The van der Waals surface area contributed by atoms with Gasteiger partial charge < -0.3 is 10.0 Å². The second kappa shape index (κ2) is 8.86. The predicted molar refractivity (Wildman–Crippen MR) is 77.4 cm³/mol. The number of hydrogen-bond acceptors (Lipinski definition) is 3. The number of thioether (sulfide) groups is 1. The molecule has 0 aliphatic heterocycles. The first-order valence-corrected chi connectivity index (χ1v) is 7.82. The number of rotatable bonds is 8. The fourth-order valence-corrected chi connectivity index (χ4v) is 2.42. The Kier molecular flexibility index (Phi) is 7.46. The summed E-state index contributed by atoms with van der Waals surface area (Å²) in [5, 5.41) is 8.67. The topological polar surface area (TPSA) is 57.6 Å². The molecule has 0 heterocycles. The summed E-state index contributed by atoms with van der Waals surface area (Å²) >= 11 is 0.349. The molecule has 0 bridgehead atoms. The van der Waals surface area contributed by atoms with Crippen LogP contribution in [0.5, 0.6) is 0 Å². The number of aliphatic carboxylic acids is 1. The molecule has 0 aliphatic rings. The fraction of sp³-hybridized carbons (Fsp3) is 0.429. The Labute approximate surface area is 138 Å². The zero-order valence-electron chi connectivity index (χ0n) is 12.3. The molecule has 24 heavy (non-hydrogen) atoms. The van der Waals surface area contributed by atoms with E-state index in [0.717, 1.165) is 17.0 Å². The van der Waals surface area contributed by atoms with Crippen molar-refractivity contribution in [2.75, 3.05) is 18.1 Å². The van der Waals surface area contributed by atoms with Gasteiger partial charge in [0.05, 0.1) is 17.9 Å². The summed E-state index contributed by atoms with van der Waals surface area (Å²) in [6, 6.07) is 2.91. The van der Waals surface area contributed by atoms with Crippen LogP contribution in [0.15, 0.2) is 18.2 Å². The Balaban J connectivity index is 2.73. The number of carboxylic acids is 1. The lowest BCUT2D eigenvalue weighted by atomic mass is 10.2. The molecule has 0 atom stereocenters. The summed E-state index contributed by atoms with van der Waals surface area (Å²) in [6.07, 6.45) is -4.84. The van der Waals surface area contributed by atoms with Crippen molar-refractivity contribution in [1.29, 1.82) is 0 Å². The minimum atomic E-state index is -4.42. The highest BCUT2D eigenvalue weighted by Crippen LogP contribution is 2.21. The maximum absolute atomic E-state index is 13.2. The first-order valence-electron chi connectivity index (χ1n) is 6.66. The van der Waals surface area contributed by atoms with E-state index in [1.54, 1.807) is 0 Å². The van der Waals surface area contributed by atoms with Crippen molar-refractivity contribution >= 4 is 23.6 Å². The smallest absolute Gasteiger partial charge is 0.397 e. The summed E-state index contributed by atoms with van der Waals surface area (Å²) in [4.78, 5) is 23.6. The Morgan fingerprint density at radius 3 is 2.38 bits per heavy atom. The van der Waals surface area contributed by atoms with Crippen molar-refractivity contribution in [2.45, 2.75) is 19.1 Å². The van der Waals surface area contributed by atoms with Gasteiger partial charge in [-0.05, 0) is 17.7 Å². The average molecular weight is 371 g/mol. The quantitative estimate of drug-likeness (QED) is 0.714. The third-order valence-corrected chi connectivity index (χ3v) is 3.78. The van der Waals surface area contributed by atoms with Crippen molar-refractivity contribution in [3.8, 4) is 0 Å². The van der Waals surface area contributed by atoms with Gasteiger partial charge in [-0.25, -0.2) is 8.78 Å². The summed E-state index contributed by atoms with van der Waals surface area (Å²) in [7, 11) is 0. The number of carboxylic acid groups (broad SMARTS) is 1. The molecule has 1 N–H and O–H groups in total. The summed E-state index contributed by atoms with van der Waals surface area (Å²) in [5.74, 6) is -5.83. The summed E-state index contributed by atoms with van der Waals surface area (Å²) < 4.78 is 62.3. The van der Waals surface area contributed by atoms with Crippen LogP contribution in [0.2, 0.25) is 0 Å². The van der Waals surface area contributed by atoms with Crippen LogP contribution < -0.4 is 0 Å². The molecule has 0 unspecified atom stereocenters. The lowest BCUT2D eigenvalue weighted by molar-refractivity contribution is -0.138. The normalized spacial score (nSPS) is 11.4. The predicted octanol–water partition coefficient (Wildman–Crippen LogP) is 3.06. The zero-order chi connectivity index (χ0) is 18.3. The van der Waals surface area contributed by atoms with Gasteiger partial charge in [0.25, 0.3) is 0 Å². The van der Waals surface area contributed by atoms with E-state index in [1.807, 2.05) is 0 Å². The highest BCUT2D eigenvalue weighted by Gasteiger charge is 2.28. The SMILES string of the molecule is O=C(O)CCN(Cc1ccc(F)c(F)c1)C(=O)CSCC(F)(F)F. The lowest BCUT2D eigenvalue weighted by Gasteiger charge is -2.22. The van der Waals surface area contributed by atoms with Crippen molar-refractivity contribution in [3.63, 3.8) is 0 Å². The molecule has 134 valence electrons. The zero-order valence-corrected chi connectivity index (χ0v) is 13.1. The first-order chi connectivity index (χ1) is 11.1. The van der Waals surface area contributed by atoms with E-state index in [9.17, 15) is 31.5 Å². The molecule has 0 aromatic heterocycles. The maximum atomic E-state index is 13.2. The minimum Gasteiger partial charge on any atom is -0.481 e. The number of carbonyl (C=O) groups excluding carboxylic acids is 1. The average Bonchev–Trinajstić information content (AvgIpc) is 2.45. The van der Waals surface area contributed by atoms with E-state index in [1.165, 1.54) is 6.07 Å². The van der Waals surface area contributed by atoms with Crippen LogP contribution in [0.4, 0.5) is 22.0 Å². The second-order valence-corrected chi connectivity index (χ2v) is 5.80. The van der Waals surface area contributed by atoms with Gasteiger partial charge in [-0.15, -0.1) is 11.8 Å². The molecule has 0 fully saturated rings. The van der Waals surface area contributed by atoms with Gasteiger partial charge in [0.1, 0.15) is 0 Å². The van der Waals surface area contributed by atoms with Crippen LogP contribution in [0.25, 0.3) is 0 Å². The number of benzene rings is 1. The molecule has 0 spiro atoms. The Bertz CT molecular complexity index is 594. The molecule has 1 amide bonds. The van der Waals surface area contributed by atoms with Gasteiger partial charge in [-0.1, -0.05) is 6.07 Å². The highest BCUT2D eigenvalue weighted by atomic mass is 32.2. The molecular formula is C14H14F5NO3S. The number of halogens is 5. The van der Waals surface area contributed by atoms with E-state index in [-0.39, 0.29) is 18.7 Å². The maximum Gasteiger partial charge on any atom is 0.397 e. The highest BCUT2D eigenvalue weighted by molar-refractivity contribution is 8.00. The van der Waals surface area contributed by atoms with Gasteiger partial charge in [-0.2, -0.15) is 13.2 Å². The van der Waals surface area contributed by atoms with Crippen LogP contribution in [-0.4, -0.2) is 46.1 Å². The molecular weight excluding hydrogens is 357 g/mol. The van der Waals surface area contributed by atoms with Crippen molar-refractivity contribution in [3.05, 3.63) is 35.4 Å². The molecule has 4 nitrogen and oxygen atoms in total. The number of nitrogens with zero attached hydrogens (tertiary/aromatic N) is 1. The van der Waals surface area contributed by atoms with Crippen molar-refractivity contribution in [1.82, 2.24) is 4.90 Å². The molecule has 0 saturated carbocycles. The van der Waals surface area contributed by atoms with Gasteiger partial charge in [0.15, 0.2) is 11.6 Å². The van der Waals surface area contributed by atoms with Gasteiger partial charge in [-0.3, -0.25) is 9.59 Å². The van der Waals surface area contributed by atoms with Crippen LogP contribution in [-0.2, 0) is 16.1 Å². The van der Waals surface area contributed by atoms with E-state index < -0.39 is 47.6 Å². The van der Waals surface area contributed by atoms with Crippen LogP contribution in [0, 0.1) is 11.6 Å². The van der Waals surface area contributed by atoms with Crippen molar-refractivity contribution < 1.29 is 36.6 Å². The third-order valence-electron chi connectivity index (χ3n) is 2.80. The Morgan fingerprint density at radius 1 is 1.17 bits per heavy atom. The number of alkyl halides is 3. The van der Waals surface area contributed by atoms with Crippen LogP contribution in [0.1, 0.15) is 12.0 Å². The van der Waals surface area contributed by atoms with Gasteiger partial charge >= 0.3 is 12.1 Å². The van der Waals surface area contributed by atoms with E-state index in [2.05, 4.69) is 0 Å². The van der Waals surface area contributed by atoms with Gasteiger partial charge in [0, 0.05) is 13.1 Å². The van der Waals surface area contributed by atoms with E-state index >= 15 is 0 Å². The lowest BCUT2D eigenvalue weighted by Crippen LogP contribution is -2.34. The molecule has 0 radical (unpaired) electrons. The molecule has 0 aliphatic carbocycles. The van der Waals surface area contributed by atoms with Gasteiger partial charge in [0.2, 0.25) is 5.91 Å². The number of amides is 1. The third kappa shape index (κ3) is 7.62. The largest absolute Gasteiger partial charge is 0.481 e. The Morgan fingerprint density at radius 2 is 1.83 bits per heavy atom. The Hall–Kier alpha value is -1.84. The minimum absolute atomic E-state index is 0.202. The summed E-state index contributed by atoms with van der Waals surface area (Å²) in [5.41, 5.74) is 0.202. The number of hydrogen-bond donors (Lipinski definition) is 1. The number of carbonyl (C=O) groups is 2. The van der Waals surface area contributed by atoms with E-state index in [4.69, 9.17) is 5.11 Å². The molecule has 0 saturated heterocycles. The molecule has 1 aromatic rings. The molecule has 10 heteroatoms. The summed E-state index contributed by atoms with van der Waals surface area (Å²) in [6.45, 7) is -0.477. The van der Waals surface area contributed by atoms with Crippen LogP contribution in [0.3, 0.4) is 0 Å². The first kappa shape index (κ1) is 20.2. The standard InChI is InChI=1S/C14H14F5NO3S/c15-10-2-1-9(5-11(10)16)6-20(4-3-13(22)23)12(21)7-24-8-14(17,18)19/h1-2,5H,3-4,6-8H2,(H,22,23).